The molecule has 2 aliphatic heterocycles. The van der Waals surface area contributed by atoms with Gasteiger partial charge >= 0.3 is 6.18 Å². The van der Waals surface area contributed by atoms with Crippen molar-refractivity contribution in [2.24, 2.45) is 0 Å². The van der Waals surface area contributed by atoms with Gasteiger partial charge in [-0.3, -0.25) is 0 Å². The van der Waals surface area contributed by atoms with Crippen LogP contribution >= 0.6 is 11.3 Å². The maximum Gasteiger partial charge on any atom is 0.451 e. The van der Waals surface area contributed by atoms with Gasteiger partial charge in [-0.1, -0.05) is 31.5 Å². The van der Waals surface area contributed by atoms with Crippen LogP contribution in [0.1, 0.15) is 35.4 Å². The largest absolute Gasteiger partial charge is 0.451 e. The lowest BCUT2D eigenvalue weighted by Crippen LogP contribution is -2.36. The summed E-state index contributed by atoms with van der Waals surface area (Å²) in [5, 5.41) is 8.20. The van der Waals surface area contributed by atoms with Crippen molar-refractivity contribution in [3.8, 4) is 0 Å². The van der Waals surface area contributed by atoms with Crippen LogP contribution in [0.2, 0.25) is 0 Å². The molecule has 0 N–H and O–H groups in total. The summed E-state index contributed by atoms with van der Waals surface area (Å²) in [5.74, 6) is 0.721. The Balaban J connectivity index is 1.43. The molecule has 0 radical (unpaired) electrons. The number of rotatable bonds is 4. The van der Waals surface area contributed by atoms with E-state index in [1.807, 2.05) is 17.0 Å². The van der Waals surface area contributed by atoms with E-state index >= 15 is 0 Å². The van der Waals surface area contributed by atoms with Gasteiger partial charge in [-0.05, 0) is 30.5 Å². The Labute approximate surface area is 197 Å². The molecule has 2 aliphatic rings. The fraction of sp³-hybridized carbons (Fsp3) is 0.391. The van der Waals surface area contributed by atoms with Gasteiger partial charge in [0.1, 0.15) is 10.6 Å². The van der Waals surface area contributed by atoms with E-state index in [1.165, 1.54) is 15.0 Å². The smallest absolute Gasteiger partial charge is 0.347 e. The van der Waals surface area contributed by atoms with Crippen molar-refractivity contribution >= 4 is 39.0 Å². The highest BCUT2D eigenvalue weighted by molar-refractivity contribution is 7.18. The van der Waals surface area contributed by atoms with Crippen LogP contribution in [-0.4, -0.2) is 37.8 Å². The molecule has 0 spiro atoms. The van der Waals surface area contributed by atoms with E-state index in [1.54, 1.807) is 11.3 Å². The number of hydrogen-bond acceptors (Lipinski definition) is 7. The molecule has 5 heterocycles. The minimum atomic E-state index is -4.52. The van der Waals surface area contributed by atoms with Crippen molar-refractivity contribution in [1.82, 2.24) is 24.7 Å². The van der Waals surface area contributed by atoms with E-state index in [-0.39, 0.29) is 13.1 Å². The number of anilines is 3. The lowest BCUT2D eigenvalue weighted by molar-refractivity contribution is -0.147. The lowest BCUT2D eigenvalue weighted by Gasteiger charge is -2.30. The van der Waals surface area contributed by atoms with Gasteiger partial charge in [0.15, 0.2) is 5.82 Å². The van der Waals surface area contributed by atoms with Crippen LogP contribution < -0.4 is 9.80 Å². The molecule has 0 bridgehead atoms. The van der Waals surface area contributed by atoms with Crippen LogP contribution in [-0.2, 0) is 32.1 Å². The Morgan fingerprint density at radius 1 is 1.06 bits per heavy atom. The second-order valence-electron chi connectivity index (χ2n) is 8.57. The van der Waals surface area contributed by atoms with Crippen LogP contribution in [0, 0.1) is 0 Å². The van der Waals surface area contributed by atoms with Gasteiger partial charge in [-0.15, -0.1) is 21.5 Å². The molecule has 1 aromatic carbocycles. The molecule has 176 valence electrons. The molecule has 0 amide bonds. The molecule has 34 heavy (non-hydrogen) atoms. The van der Waals surface area contributed by atoms with Crippen molar-refractivity contribution in [3.63, 3.8) is 0 Å². The highest BCUT2D eigenvalue weighted by Gasteiger charge is 2.40. The molecule has 7 nitrogen and oxygen atoms in total. The van der Waals surface area contributed by atoms with E-state index in [0.717, 1.165) is 47.5 Å². The van der Waals surface area contributed by atoms with Crippen LogP contribution in [0.15, 0.2) is 30.3 Å². The first-order chi connectivity index (χ1) is 16.4. The molecule has 0 fully saturated rings. The van der Waals surface area contributed by atoms with Crippen LogP contribution in [0.25, 0.3) is 10.2 Å². The quantitative estimate of drug-likeness (QED) is 0.407. The zero-order valence-electron chi connectivity index (χ0n) is 18.5. The van der Waals surface area contributed by atoms with Gasteiger partial charge in [0.05, 0.1) is 11.9 Å². The number of thiophene rings is 1. The Kier molecular flexibility index (Phi) is 4.98. The van der Waals surface area contributed by atoms with Gasteiger partial charge in [0.25, 0.3) is 0 Å². The molecule has 3 aromatic heterocycles. The number of fused-ring (bicyclic) bond motifs is 3. The monoisotopic (exact) mass is 485 g/mol. The van der Waals surface area contributed by atoms with Gasteiger partial charge in [-0.25, -0.2) is 4.98 Å². The molecule has 4 aromatic rings. The molecule has 11 heteroatoms. The standard InChI is InChI=1S/C23H22F3N7S/c1-2-5-15-12-16-19(31-10-11-33-18(13-31)29-30-21(33)23(24,25)26)27-22(28-20(16)34-15)32-9-8-14-6-3-4-7-17(14)32/h3-4,6-7,12H,2,5,8-11,13H2,1H3. The molecule has 0 saturated heterocycles. The van der Waals surface area contributed by atoms with Crippen molar-refractivity contribution in [2.75, 3.05) is 22.9 Å². The van der Waals surface area contributed by atoms with Crippen molar-refractivity contribution in [2.45, 2.75) is 45.5 Å². The first-order valence-electron chi connectivity index (χ1n) is 11.3. The average molecular weight is 486 g/mol. The second-order valence-corrected chi connectivity index (χ2v) is 9.69. The third-order valence-electron chi connectivity index (χ3n) is 6.34. The first-order valence-corrected chi connectivity index (χ1v) is 12.1. The number of benzene rings is 1. The molecule has 0 unspecified atom stereocenters. The maximum atomic E-state index is 13.3. The lowest BCUT2D eigenvalue weighted by atomic mass is 10.2. The van der Waals surface area contributed by atoms with Gasteiger partial charge in [0.2, 0.25) is 11.8 Å². The number of aryl methyl sites for hydroxylation is 1. The van der Waals surface area contributed by atoms with Gasteiger partial charge in [0, 0.05) is 30.2 Å². The first kappa shape index (κ1) is 21.3. The van der Waals surface area contributed by atoms with Crippen molar-refractivity contribution < 1.29 is 13.2 Å². The summed E-state index contributed by atoms with van der Waals surface area (Å²) in [6, 6.07) is 10.4. The third-order valence-corrected chi connectivity index (χ3v) is 7.43. The van der Waals surface area contributed by atoms with Crippen LogP contribution in [0.3, 0.4) is 0 Å². The van der Waals surface area contributed by atoms with E-state index in [4.69, 9.17) is 9.97 Å². The van der Waals surface area contributed by atoms with E-state index < -0.39 is 12.0 Å². The third kappa shape index (κ3) is 3.49. The topological polar surface area (TPSA) is 63.0 Å². The zero-order chi connectivity index (χ0) is 23.4. The molecule has 0 aliphatic carbocycles. The Bertz CT molecular complexity index is 1380. The summed E-state index contributed by atoms with van der Waals surface area (Å²) in [6.07, 6.45) is -1.62. The second kappa shape index (κ2) is 7.93. The zero-order valence-corrected chi connectivity index (χ0v) is 19.3. The number of para-hydroxylation sites is 1. The van der Waals surface area contributed by atoms with E-state index in [9.17, 15) is 13.2 Å². The number of alkyl halides is 3. The summed E-state index contributed by atoms with van der Waals surface area (Å²) in [5.41, 5.74) is 2.36. The van der Waals surface area contributed by atoms with Gasteiger partial charge in [-0.2, -0.15) is 18.2 Å². The van der Waals surface area contributed by atoms with E-state index in [0.29, 0.717) is 18.3 Å². The van der Waals surface area contributed by atoms with Crippen LogP contribution in [0.5, 0.6) is 0 Å². The van der Waals surface area contributed by atoms with Gasteiger partial charge < -0.3 is 14.4 Å². The average Bonchev–Trinajstić information content (AvgIpc) is 3.53. The molecular weight excluding hydrogens is 463 g/mol. The van der Waals surface area contributed by atoms with Crippen LogP contribution in [0.4, 0.5) is 30.6 Å². The predicted octanol–water partition coefficient (Wildman–Crippen LogP) is 4.97. The fourth-order valence-corrected chi connectivity index (χ4v) is 5.89. The summed E-state index contributed by atoms with van der Waals surface area (Å²) in [6.45, 7) is 3.68. The van der Waals surface area contributed by atoms with E-state index in [2.05, 4.69) is 40.2 Å². The summed E-state index contributed by atoms with van der Waals surface area (Å²) in [7, 11) is 0. The minimum absolute atomic E-state index is 0.149. The number of halogens is 3. The maximum absolute atomic E-state index is 13.3. The number of aromatic nitrogens is 5. The SMILES string of the molecule is CCCc1cc2c(N3CCn4c(nnc4C(F)(F)F)C3)nc(N3CCc4ccccc43)nc2s1. The molecule has 6 rings (SSSR count). The fourth-order valence-electron chi connectivity index (χ4n) is 4.77. The highest BCUT2D eigenvalue weighted by Crippen LogP contribution is 2.39. The van der Waals surface area contributed by atoms with Crippen molar-refractivity contribution in [1.29, 1.82) is 0 Å². The predicted molar refractivity (Wildman–Crippen MR) is 125 cm³/mol. The minimum Gasteiger partial charge on any atom is -0.347 e. The Morgan fingerprint density at radius 3 is 2.74 bits per heavy atom. The molecule has 0 atom stereocenters. The number of nitrogens with zero attached hydrogens (tertiary/aromatic N) is 7. The number of hydrogen-bond donors (Lipinski definition) is 0. The Morgan fingerprint density at radius 2 is 1.91 bits per heavy atom. The highest BCUT2D eigenvalue weighted by atomic mass is 32.1. The summed E-state index contributed by atoms with van der Waals surface area (Å²) in [4.78, 5) is 16.2. The molecular formula is C23H22F3N7S. The normalized spacial score (nSPS) is 15.8. The Hall–Kier alpha value is -3.21. The summed E-state index contributed by atoms with van der Waals surface area (Å²) >= 11 is 1.66. The van der Waals surface area contributed by atoms with Crippen molar-refractivity contribution in [3.05, 3.63) is 52.4 Å². The molecule has 0 saturated carbocycles. The summed E-state index contributed by atoms with van der Waals surface area (Å²) < 4.78 is 41.1.